The second-order valence-electron chi connectivity index (χ2n) is 3.13. The van der Waals surface area contributed by atoms with Crippen LogP contribution in [0.4, 0.5) is 4.39 Å². The van der Waals surface area contributed by atoms with Crippen LogP contribution in [0.5, 0.6) is 0 Å². The van der Waals surface area contributed by atoms with Crippen LogP contribution >= 0.6 is 0 Å². The Hall–Kier alpha value is -1.95. The van der Waals surface area contributed by atoms with Gasteiger partial charge in [-0.3, -0.25) is 4.79 Å². The lowest BCUT2D eigenvalue weighted by Gasteiger charge is -2.09. The van der Waals surface area contributed by atoms with Gasteiger partial charge in [0.25, 0.3) is 5.91 Å². The highest BCUT2D eigenvalue weighted by Crippen LogP contribution is 2.15. The fourth-order valence-corrected chi connectivity index (χ4v) is 1.36. The number of benzene rings is 1. The van der Waals surface area contributed by atoms with E-state index < -0.39 is 18.3 Å². The van der Waals surface area contributed by atoms with E-state index in [4.69, 9.17) is 5.11 Å². The summed E-state index contributed by atoms with van der Waals surface area (Å²) in [7, 11) is 2.70. The van der Waals surface area contributed by atoms with Crippen LogP contribution in [-0.4, -0.2) is 30.9 Å². The van der Waals surface area contributed by atoms with Gasteiger partial charge in [-0.1, -0.05) is 17.3 Å². The lowest BCUT2D eigenvalue weighted by molar-refractivity contribution is -0.114. The number of hydrogen-bond donors (Lipinski definition) is 2. The van der Waals surface area contributed by atoms with Gasteiger partial charge in [0.1, 0.15) is 12.9 Å². The van der Waals surface area contributed by atoms with Crippen molar-refractivity contribution in [2.24, 2.45) is 5.16 Å². The molecule has 0 aliphatic rings. The molecule has 1 aromatic rings. The molecule has 0 aliphatic heterocycles. The van der Waals surface area contributed by atoms with Crippen LogP contribution in [0.1, 0.15) is 11.1 Å². The van der Waals surface area contributed by atoms with Gasteiger partial charge in [-0.25, -0.2) is 4.39 Å². The minimum Gasteiger partial charge on any atom is -0.398 e. The lowest BCUT2D eigenvalue weighted by atomic mass is 10.0. The van der Waals surface area contributed by atoms with Crippen LogP contribution < -0.4 is 5.32 Å². The molecule has 1 rings (SSSR count). The first-order valence-corrected chi connectivity index (χ1v) is 4.87. The lowest BCUT2D eigenvalue weighted by Crippen LogP contribution is -2.29. The fraction of sp³-hybridized carbons (Fsp3) is 0.273. The van der Waals surface area contributed by atoms with E-state index in [2.05, 4.69) is 15.3 Å². The van der Waals surface area contributed by atoms with Crippen LogP contribution in [0, 0.1) is 5.82 Å². The van der Waals surface area contributed by atoms with Crippen molar-refractivity contribution in [3.8, 4) is 0 Å². The van der Waals surface area contributed by atoms with E-state index in [1.807, 2.05) is 0 Å². The zero-order chi connectivity index (χ0) is 12.8. The van der Waals surface area contributed by atoms with Gasteiger partial charge in [-0.05, 0) is 6.07 Å². The molecule has 0 aromatic heterocycles. The maximum Gasteiger partial charge on any atom is 0.273 e. The summed E-state index contributed by atoms with van der Waals surface area (Å²) in [6.45, 7) is -0.526. The molecule has 0 heterocycles. The smallest absolute Gasteiger partial charge is 0.273 e. The number of carbonyl (C=O) groups excluding carboxylic acids is 1. The van der Waals surface area contributed by atoms with Crippen LogP contribution in [0.3, 0.4) is 0 Å². The number of oxime groups is 1. The van der Waals surface area contributed by atoms with Crippen molar-refractivity contribution >= 4 is 11.6 Å². The fourth-order valence-electron chi connectivity index (χ4n) is 1.36. The number of amides is 1. The van der Waals surface area contributed by atoms with Gasteiger partial charge in [0.15, 0.2) is 5.71 Å². The number of nitrogens with zero attached hydrogens (tertiary/aromatic N) is 1. The van der Waals surface area contributed by atoms with Crippen molar-refractivity contribution in [3.05, 3.63) is 35.1 Å². The number of aliphatic hydroxyl groups is 1. The minimum absolute atomic E-state index is 0.00639. The number of likely N-dealkylation sites (N-methyl/N-ethyl adjacent to an activating group) is 1. The summed E-state index contributed by atoms with van der Waals surface area (Å²) in [6.07, 6.45) is 0. The maximum absolute atomic E-state index is 13.4. The summed E-state index contributed by atoms with van der Waals surface area (Å²) in [5, 5.41) is 15.0. The SMILES string of the molecule is CNC(=O)/C(=N\OC)c1cccc(F)c1CO. The Bertz CT molecular complexity index is 446. The van der Waals surface area contributed by atoms with Crippen molar-refractivity contribution in [2.45, 2.75) is 6.61 Å². The molecule has 0 atom stereocenters. The topological polar surface area (TPSA) is 70.9 Å². The van der Waals surface area contributed by atoms with E-state index in [1.54, 1.807) is 0 Å². The molecule has 6 heteroatoms. The molecule has 2 N–H and O–H groups in total. The molecule has 1 aromatic carbocycles. The number of halogens is 1. The normalized spacial score (nSPS) is 11.2. The first-order valence-electron chi connectivity index (χ1n) is 4.87. The third kappa shape index (κ3) is 2.79. The van der Waals surface area contributed by atoms with Crippen molar-refractivity contribution < 1.29 is 19.1 Å². The second kappa shape index (κ2) is 5.95. The van der Waals surface area contributed by atoms with Gasteiger partial charge in [-0.2, -0.15) is 0 Å². The molecule has 0 aliphatic carbocycles. The predicted molar refractivity (Wildman–Crippen MR) is 59.9 cm³/mol. The van der Waals surface area contributed by atoms with E-state index in [1.165, 1.54) is 32.4 Å². The van der Waals surface area contributed by atoms with Crippen molar-refractivity contribution in [1.29, 1.82) is 0 Å². The zero-order valence-electron chi connectivity index (χ0n) is 9.53. The highest BCUT2D eigenvalue weighted by atomic mass is 19.1. The number of rotatable bonds is 4. The quantitative estimate of drug-likeness (QED) is 0.591. The molecule has 0 saturated carbocycles. The monoisotopic (exact) mass is 240 g/mol. The van der Waals surface area contributed by atoms with Crippen molar-refractivity contribution in [3.63, 3.8) is 0 Å². The highest BCUT2D eigenvalue weighted by Gasteiger charge is 2.19. The molecule has 17 heavy (non-hydrogen) atoms. The molecular weight excluding hydrogens is 227 g/mol. The molecule has 0 unspecified atom stereocenters. The molecule has 1 amide bonds. The van der Waals surface area contributed by atoms with E-state index in [9.17, 15) is 9.18 Å². The van der Waals surface area contributed by atoms with Gasteiger partial charge in [-0.15, -0.1) is 0 Å². The first-order chi connectivity index (χ1) is 8.15. The third-order valence-electron chi connectivity index (χ3n) is 2.16. The van der Waals surface area contributed by atoms with Crippen LogP contribution in [0.2, 0.25) is 0 Å². The summed E-state index contributed by atoms with van der Waals surface area (Å²) in [5.74, 6) is -1.12. The van der Waals surface area contributed by atoms with Gasteiger partial charge in [0, 0.05) is 18.2 Å². The summed E-state index contributed by atoms with van der Waals surface area (Å²) in [4.78, 5) is 16.1. The molecule has 92 valence electrons. The zero-order valence-corrected chi connectivity index (χ0v) is 9.53. The predicted octanol–water partition coefficient (Wildman–Crippen LogP) is 0.414. The van der Waals surface area contributed by atoms with Crippen molar-refractivity contribution in [1.82, 2.24) is 5.32 Å². The number of carbonyl (C=O) groups is 1. The summed E-state index contributed by atoms with van der Waals surface area (Å²) < 4.78 is 13.4. The Labute approximate surface area is 97.9 Å². The number of aliphatic hydroxyl groups excluding tert-OH is 1. The van der Waals surface area contributed by atoms with E-state index >= 15 is 0 Å². The van der Waals surface area contributed by atoms with E-state index in [0.717, 1.165) is 0 Å². The average Bonchev–Trinajstić information content (AvgIpc) is 2.34. The Morgan fingerprint density at radius 2 is 2.29 bits per heavy atom. The minimum atomic E-state index is -0.599. The molecule has 0 fully saturated rings. The van der Waals surface area contributed by atoms with Gasteiger partial charge in [0.05, 0.1) is 6.61 Å². The Morgan fingerprint density at radius 1 is 1.59 bits per heavy atom. The van der Waals surface area contributed by atoms with Gasteiger partial charge >= 0.3 is 0 Å². The standard InChI is InChI=1S/C11H13FN2O3/c1-13-11(16)10(14-17-2)7-4-3-5-9(12)8(7)6-15/h3-5,15H,6H2,1-2H3,(H,13,16)/b14-10-. The summed E-state index contributed by atoms with van der Waals surface area (Å²) in [5.41, 5.74) is 0.124. The van der Waals surface area contributed by atoms with Crippen molar-refractivity contribution in [2.75, 3.05) is 14.2 Å². The average molecular weight is 240 g/mol. The van der Waals surface area contributed by atoms with Crippen LogP contribution in [-0.2, 0) is 16.2 Å². The van der Waals surface area contributed by atoms with Gasteiger partial charge < -0.3 is 15.3 Å². The molecule has 0 saturated heterocycles. The molecular formula is C11H13FN2O3. The van der Waals surface area contributed by atoms with Crippen LogP contribution in [0.15, 0.2) is 23.4 Å². The third-order valence-corrected chi connectivity index (χ3v) is 2.16. The van der Waals surface area contributed by atoms with E-state index in [0.29, 0.717) is 0 Å². The first kappa shape index (κ1) is 13.1. The van der Waals surface area contributed by atoms with Gasteiger partial charge in [0.2, 0.25) is 0 Å². The number of hydrogen-bond acceptors (Lipinski definition) is 4. The Balaban J connectivity index is 3.33. The number of nitrogens with one attached hydrogen (secondary N) is 1. The van der Waals surface area contributed by atoms with Crippen LogP contribution in [0.25, 0.3) is 0 Å². The summed E-state index contributed by atoms with van der Waals surface area (Å²) >= 11 is 0. The highest BCUT2D eigenvalue weighted by molar-refractivity contribution is 6.45. The Kier molecular flexibility index (Phi) is 4.59. The largest absolute Gasteiger partial charge is 0.398 e. The molecule has 5 nitrogen and oxygen atoms in total. The molecule has 0 radical (unpaired) electrons. The Morgan fingerprint density at radius 3 is 2.82 bits per heavy atom. The van der Waals surface area contributed by atoms with E-state index in [-0.39, 0.29) is 16.8 Å². The second-order valence-corrected chi connectivity index (χ2v) is 3.13. The summed E-state index contributed by atoms with van der Waals surface area (Å²) in [6, 6.07) is 4.11. The molecule has 0 bridgehead atoms. The molecule has 0 spiro atoms. The maximum atomic E-state index is 13.4.